The van der Waals surface area contributed by atoms with Gasteiger partial charge in [0.05, 0.1) is 24.3 Å². The summed E-state index contributed by atoms with van der Waals surface area (Å²) in [4.78, 5) is 14.0. The van der Waals surface area contributed by atoms with Crippen molar-refractivity contribution in [3.05, 3.63) is 70.5 Å². The highest BCUT2D eigenvalue weighted by atomic mass is 35.5. The Labute approximate surface area is 226 Å². The molecule has 1 fully saturated rings. The van der Waals surface area contributed by atoms with Crippen molar-refractivity contribution in [3.8, 4) is 22.6 Å². The third kappa shape index (κ3) is 5.60. The van der Waals surface area contributed by atoms with E-state index >= 15 is 0 Å². The number of aromatic nitrogens is 2. The molecule has 0 bridgehead atoms. The second-order valence-corrected chi connectivity index (χ2v) is 9.93. The Hall–Kier alpha value is -3.10. The largest absolute Gasteiger partial charge is 0.495 e. The lowest BCUT2D eigenvalue weighted by atomic mass is 10.0. The Kier molecular flexibility index (Phi) is 7.67. The van der Waals surface area contributed by atoms with Crippen LogP contribution < -0.4 is 14.8 Å². The summed E-state index contributed by atoms with van der Waals surface area (Å²) in [7, 11) is 5.29. The number of hydrogen-bond acceptors (Lipinski definition) is 7. The van der Waals surface area contributed by atoms with Gasteiger partial charge in [-0.15, -0.1) is 0 Å². The van der Waals surface area contributed by atoms with Crippen molar-refractivity contribution in [2.24, 2.45) is 0 Å². The van der Waals surface area contributed by atoms with Crippen molar-refractivity contribution in [2.75, 3.05) is 52.8 Å². The van der Waals surface area contributed by atoms with Crippen molar-refractivity contribution in [1.29, 1.82) is 0 Å². The van der Waals surface area contributed by atoms with Crippen molar-refractivity contribution in [3.63, 3.8) is 0 Å². The number of piperazine rings is 1. The quantitative estimate of drug-likeness (QED) is 0.305. The fourth-order valence-corrected chi connectivity index (χ4v) is 5.21. The smallest absolute Gasteiger partial charge is 0.141 e. The molecule has 7 nitrogen and oxygen atoms in total. The van der Waals surface area contributed by atoms with Gasteiger partial charge in [-0.2, -0.15) is 0 Å². The molecule has 0 atom stereocenters. The minimum atomic E-state index is 0.432. The Morgan fingerprint density at radius 2 is 1.51 bits per heavy atom. The van der Waals surface area contributed by atoms with Gasteiger partial charge in [-0.3, -0.25) is 4.90 Å². The maximum atomic E-state index is 6.61. The van der Waals surface area contributed by atoms with E-state index in [0.29, 0.717) is 27.1 Å². The zero-order valence-corrected chi connectivity index (χ0v) is 22.6. The van der Waals surface area contributed by atoms with Crippen LogP contribution in [0.5, 0.6) is 11.5 Å². The molecule has 9 heteroatoms. The van der Waals surface area contributed by atoms with E-state index in [0.717, 1.165) is 60.7 Å². The lowest BCUT2D eigenvalue weighted by Crippen LogP contribution is -2.43. The molecule has 37 heavy (non-hydrogen) atoms. The van der Waals surface area contributed by atoms with Crippen LogP contribution in [-0.4, -0.2) is 67.2 Å². The molecule has 1 saturated heterocycles. The van der Waals surface area contributed by atoms with Crippen molar-refractivity contribution >= 4 is 45.6 Å². The minimum absolute atomic E-state index is 0.432. The molecular weight excluding hydrogens is 509 g/mol. The van der Waals surface area contributed by atoms with E-state index in [4.69, 9.17) is 32.7 Å². The number of ether oxygens (including phenoxy) is 2. The van der Waals surface area contributed by atoms with Crippen LogP contribution in [0.1, 0.15) is 5.56 Å². The number of fused-ring (bicyclic) bond motifs is 1. The van der Waals surface area contributed by atoms with Crippen LogP contribution in [0, 0.1) is 0 Å². The van der Waals surface area contributed by atoms with E-state index in [1.54, 1.807) is 20.3 Å². The van der Waals surface area contributed by atoms with Crippen LogP contribution in [0.25, 0.3) is 21.9 Å². The molecule has 0 spiro atoms. The molecule has 2 aromatic carbocycles. The molecule has 2 aromatic heterocycles. The van der Waals surface area contributed by atoms with E-state index < -0.39 is 0 Å². The summed E-state index contributed by atoms with van der Waals surface area (Å²) in [6, 6.07) is 13.8. The number of halogens is 2. The second-order valence-electron chi connectivity index (χ2n) is 9.17. The first-order chi connectivity index (χ1) is 17.9. The summed E-state index contributed by atoms with van der Waals surface area (Å²) in [5, 5.41) is 6.15. The standard InChI is InChI=1S/C28H29Cl2N5O2/c1-34-8-10-35(11-9-34)17-18-4-7-24(31-15-18)33-25-13-19-5-6-20(12-21(19)16-32-25)26-27(29)22(36-2)14-23(37-3)28(26)30/h4-7,12-16H,8-11,17H2,1-3H3,(H,31,32,33). The molecule has 1 aliphatic rings. The molecule has 0 saturated carbocycles. The van der Waals surface area contributed by atoms with E-state index in [1.807, 2.05) is 42.7 Å². The fraction of sp³-hybridized carbons (Fsp3) is 0.286. The summed E-state index contributed by atoms with van der Waals surface area (Å²) in [6.45, 7) is 5.31. The number of benzene rings is 2. The van der Waals surface area contributed by atoms with Crippen molar-refractivity contribution in [1.82, 2.24) is 19.8 Å². The predicted molar refractivity (Wildman–Crippen MR) is 151 cm³/mol. The van der Waals surface area contributed by atoms with Gasteiger partial charge in [-0.25, -0.2) is 9.97 Å². The second kappa shape index (κ2) is 11.1. The van der Waals surface area contributed by atoms with Crippen LogP contribution in [0.2, 0.25) is 10.0 Å². The Balaban J connectivity index is 1.33. The highest BCUT2D eigenvalue weighted by molar-refractivity contribution is 6.41. The monoisotopic (exact) mass is 537 g/mol. The topological polar surface area (TPSA) is 62.8 Å². The van der Waals surface area contributed by atoms with Gasteiger partial charge < -0.3 is 19.7 Å². The Bertz CT molecular complexity index is 1380. The lowest BCUT2D eigenvalue weighted by molar-refractivity contribution is 0.148. The highest BCUT2D eigenvalue weighted by Gasteiger charge is 2.19. The molecule has 0 aliphatic carbocycles. The number of rotatable bonds is 7. The first-order valence-electron chi connectivity index (χ1n) is 12.1. The SMILES string of the molecule is COc1cc(OC)c(Cl)c(-c2ccc3cc(Nc4ccc(CN5CCN(C)CC5)cn4)ncc3c2)c1Cl. The third-order valence-electron chi connectivity index (χ3n) is 6.67. The average Bonchev–Trinajstić information content (AvgIpc) is 2.91. The summed E-state index contributed by atoms with van der Waals surface area (Å²) in [6.07, 6.45) is 3.76. The van der Waals surface area contributed by atoms with Gasteiger partial charge in [0.15, 0.2) is 0 Å². The summed E-state index contributed by atoms with van der Waals surface area (Å²) >= 11 is 13.2. The van der Waals surface area contributed by atoms with E-state index in [2.05, 4.69) is 38.2 Å². The molecule has 3 heterocycles. The normalized spacial score (nSPS) is 14.6. The van der Waals surface area contributed by atoms with Gasteiger partial charge in [-0.1, -0.05) is 41.4 Å². The predicted octanol–water partition coefficient (Wildman–Crippen LogP) is 6.11. The average molecular weight is 538 g/mol. The molecule has 4 aromatic rings. The summed E-state index contributed by atoms with van der Waals surface area (Å²) < 4.78 is 10.8. The third-order valence-corrected chi connectivity index (χ3v) is 7.42. The molecule has 192 valence electrons. The number of nitrogens with one attached hydrogen (secondary N) is 1. The van der Waals surface area contributed by atoms with Crippen molar-refractivity contribution in [2.45, 2.75) is 6.54 Å². The number of pyridine rings is 2. The lowest BCUT2D eigenvalue weighted by Gasteiger charge is -2.32. The number of anilines is 2. The van der Waals surface area contributed by atoms with Crippen molar-refractivity contribution < 1.29 is 9.47 Å². The van der Waals surface area contributed by atoms with E-state index in [9.17, 15) is 0 Å². The maximum Gasteiger partial charge on any atom is 0.141 e. The maximum absolute atomic E-state index is 6.61. The Morgan fingerprint density at radius 3 is 2.16 bits per heavy atom. The molecule has 0 amide bonds. The number of methoxy groups -OCH3 is 2. The van der Waals surface area contributed by atoms with Gasteiger partial charge in [0.2, 0.25) is 0 Å². The Morgan fingerprint density at radius 1 is 0.811 bits per heavy atom. The van der Waals surface area contributed by atoms with Crippen LogP contribution in [-0.2, 0) is 6.54 Å². The van der Waals surface area contributed by atoms with Gasteiger partial charge in [0.25, 0.3) is 0 Å². The number of nitrogens with zero attached hydrogens (tertiary/aromatic N) is 4. The summed E-state index contributed by atoms with van der Waals surface area (Å²) in [5.74, 6) is 2.47. The van der Waals surface area contributed by atoms with Gasteiger partial charge in [0.1, 0.15) is 23.1 Å². The summed E-state index contributed by atoms with van der Waals surface area (Å²) in [5.41, 5.74) is 2.71. The van der Waals surface area contributed by atoms with Crippen LogP contribution >= 0.6 is 23.2 Å². The fourth-order valence-electron chi connectivity index (χ4n) is 4.49. The van der Waals surface area contributed by atoms with E-state index in [1.165, 1.54) is 5.56 Å². The van der Waals surface area contributed by atoms with Gasteiger partial charge in [-0.05, 0) is 41.8 Å². The number of likely N-dealkylation sites (N-methyl/N-ethyl adjacent to an activating group) is 1. The van der Waals surface area contributed by atoms with Gasteiger partial charge in [0, 0.05) is 62.1 Å². The van der Waals surface area contributed by atoms with E-state index in [-0.39, 0.29) is 0 Å². The molecule has 1 N–H and O–H groups in total. The van der Waals surface area contributed by atoms with Crippen LogP contribution in [0.3, 0.4) is 0 Å². The minimum Gasteiger partial charge on any atom is -0.495 e. The molecule has 0 unspecified atom stereocenters. The first-order valence-corrected chi connectivity index (χ1v) is 12.8. The number of hydrogen-bond donors (Lipinski definition) is 1. The zero-order chi connectivity index (χ0) is 25.9. The zero-order valence-electron chi connectivity index (χ0n) is 21.1. The van der Waals surface area contributed by atoms with Crippen LogP contribution in [0.4, 0.5) is 11.6 Å². The highest BCUT2D eigenvalue weighted by Crippen LogP contribution is 2.46. The molecular formula is C28H29Cl2N5O2. The molecule has 5 rings (SSSR count). The molecule has 1 aliphatic heterocycles. The first kappa shape index (κ1) is 25.5. The van der Waals surface area contributed by atoms with Crippen LogP contribution in [0.15, 0.2) is 54.9 Å². The molecule has 0 radical (unpaired) electrons. The van der Waals surface area contributed by atoms with Gasteiger partial charge >= 0.3 is 0 Å².